The van der Waals surface area contributed by atoms with E-state index in [1.807, 2.05) is 12.1 Å². The Bertz CT molecular complexity index is 705. The number of nitrogens with zero attached hydrogens (tertiary/aromatic N) is 1. The molecule has 2 aromatic rings. The molecule has 4 nitrogen and oxygen atoms in total. The molecule has 1 fully saturated rings. The first-order chi connectivity index (χ1) is 12.1. The summed E-state index contributed by atoms with van der Waals surface area (Å²) in [5.74, 6) is -0.334. The SMILES string of the molecule is O=C(Cc1ccncc1)NCC1(Cc2ccc(F)cc2)CCCC1O. The van der Waals surface area contributed by atoms with Crippen LogP contribution in [0.2, 0.25) is 0 Å². The van der Waals surface area contributed by atoms with Gasteiger partial charge in [0, 0.05) is 24.4 Å². The minimum Gasteiger partial charge on any atom is -0.392 e. The van der Waals surface area contributed by atoms with Gasteiger partial charge in [-0.1, -0.05) is 18.6 Å². The van der Waals surface area contributed by atoms with Gasteiger partial charge in [0.25, 0.3) is 0 Å². The zero-order chi connectivity index (χ0) is 17.7. The fourth-order valence-electron chi connectivity index (χ4n) is 3.63. The Morgan fingerprint density at radius 3 is 2.56 bits per heavy atom. The molecular weight excluding hydrogens is 319 g/mol. The number of aromatic nitrogens is 1. The molecule has 0 radical (unpaired) electrons. The van der Waals surface area contributed by atoms with E-state index in [0.717, 1.165) is 30.4 Å². The summed E-state index contributed by atoms with van der Waals surface area (Å²) < 4.78 is 13.1. The lowest BCUT2D eigenvalue weighted by Gasteiger charge is -2.33. The Morgan fingerprint density at radius 1 is 1.20 bits per heavy atom. The molecule has 1 aliphatic carbocycles. The molecule has 3 rings (SSSR count). The fourth-order valence-corrected chi connectivity index (χ4v) is 3.63. The molecule has 2 atom stereocenters. The summed E-state index contributed by atoms with van der Waals surface area (Å²) in [6.45, 7) is 0.426. The number of amides is 1. The predicted octanol–water partition coefficient (Wildman–Crippen LogP) is 2.65. The zero-order valence-corrected chi connectivity index (χ0v) is 14.1. The van der Waals surface area contributed by atoms with Crippen LogP contribution in [-0.4, -0.2) is 28.6 Å². The number of halogens is 1. The maximum Gasteiger partial charge on any atom is 0.224 e. The van der Waals surface area contributed by atoms with Crippen molar-refractivity contribution in [1.82, 2.24) is 10.3 Å². The zero-order valence-electron chi connectivity index (χ0n) is 14.1. The van der Waals surface area contributed by atoms with Gasteiger partial charge >= 0.3 is 0 Å². The van der Waals surface area contributed by atoms with Gasteiger partial charge in [-0.3, -0.25) is 9.78 Å². The molecule has 1 aromatic carbocycles. The number of rotatable bonds is 6. The highest BCUT2D eigenvalue weighted by Crippen LogP contribution is 2.40. The second kappa shape index (κ2) is 7.74. The van der Waals surface area contributed by atoms with E-state index in [1.165, 1.54) is 12.1 Å². The Kier molecular flexibility index (Phi) is 5.43. The van der Waals surface area contributed by atoms with Crippen LogP contribution in [0.3, 0.4) is 0 Å². The standard InChI is InChI=1S/C20H23FN2O2/c21-17-5-3-16(4-6-17)13-20(9-1-2-18(20)24)14-23-19(25)12-15-7-10-22-11-8-15/h3-8,10-11,18,24H,1-2,9,12-14H2,(H,23,25). The Hall–Kier alpha value is -2.27. The normalized spacial score (nSPS) is 22.7. The molecule has 1 amide bonds. The molecule has 1 saturated carbocycles. The van der Waals surface area contributed by atoms with Crippen molar-refractivity contribution >= 4 is 5.91 Å². The number of pyridine rings is 1. The number of hydrogen-bond acceptors (Lipinski definition) is 3. The average molecular weight is 342 g/mol. The molecule has 0 saturated heterocycles. The summed E-state index contributed by atoms with van der Waals surface area (Å²) in [4.78, 5) is 16.2. The third-order valence-corrected chi connectivity index (χ3v) is 5.08. The fraction of sp³-hybridized carbons (Fsp3) is 0.400. The van der Waals surface area contributed by atoms with E-state index in [0.29, 0.717) is 19.4 Å². The van der Waals surface area contributed by atoms with E-state index in [-0.39, 0.29) is 17.1 Å². The Balaban J connectivity index is 1.64. The smallest absolute Gasteiger partial charge is 0.224 e. The van der Waals surface area contributed by atoms with Crippen LogP contribution < -0.4 is 5.32 Å². The summed E-state index contributed by atoms with van der Waals surface area (Å²) in [6, 6.07) is 10.0. The first kappa shape index (κ1) is 17.5. The number of benzene rings is 1. The summed E-state index contributed by atoms with van der Waals surface area (Å²) >= 11 is 0. The van der Waals surface area contributed by atoms with E-state index in [4.69, 9.17) is 0 Å². The topological polar surface area (TPSA) is 62.2 Å². The first-order valence-corrected chi connectivity index (χ1v) is 8.65. The van der Waals surface area contributed by atoms with E-state index < -0.39 is 6.10 Å². The van der Waals surface area contributed by atoms with Crippen molar-refractivity contribution in [2.75, 3.05) is 6.54 Å². The van der Waals surface area contributed by atoms with Crippen molar-refractivity contribution in [3.8, 4) is 0 Å². The van der Waals surface area contributed by atoms with Gasteiger partial charge in [0.1, 0.15) is 5.82 Å². The highest BCUT2D eigenvalue weighted by Gasteiger charge is 2.42. The lowest BCUT2D eigenvalue weighted by Crippen LogP contribution is -2.44. The summed E-state index contributed by atoms with van der Waals surface area (Å²) in [7, 11) is 0. The van der Waals surface area contributed by atoms with Crippen LogP contribution in [0.4, 0.5) is 4.39 Å². The molecule has 5 heteroatoms. The van der Waals surface area contributed by atoms with Crippen molar-refractivity contribution in [1.29, 1.82) is 0 Å². The molecule has 1 heterocycles. The molecule has 2 unspecified atom stereocenters. The third-order valence-electron chi connectivity index (χ3n) is 5.08. The van der Waals surface area contributed by atoms with Crippen LogP contribution >= 0.6 is 0 Å². The first-order valence-electron chi connectivity index (χ1n) is 8.65. The van der Waals surface area contributed by atoms with Crippen LogP contribution in [0.25, 0.3) is 0 Å². The van der Waals surface area contributed by atoms with Crippen LogP contribution in [0, 0.1) is 11.2 Å². The minimum atomic E-state index is -0.459. The summed E-state index contributed by atoms with van der Waals surface area (Å²) in [5, 5.41) is 13.5. The van der Waals surface area contributed by atoms with E-state index >= 15 is 0 Å². The van der Waals surface area contributed by atoms with Gasteiger partial charge in [-0.05, 0) is 54.7 Å². The van der Waals surface area contributed by atoms with Gasteiger partial charge in [-0.25, -0.2) is 4.39 Å². The number of nitrogens with one attached hydrogen (secondary N) is 1. The van der Waals surface area contributed by atoms with Crippen molar-refractivity contribution in [3.63, 3.8) is 0 Å². The monoisotopic (exact) mass is 342 g/mol. The molecule has 132 valence electrons. The van der Waals surface area contributed by atoms with Crippen LogP contribution in [0.5, 0.6) is 0 Å². The molecule has 0 aliphatic heterocycles. The average Bonchev–Trinajstić information content (AvgIpc) is 2.97. The molecule has 0 bridgehead atoms. The van der Waals surface area contributed by atoms with Crippen molar-refractivity contribution in [2.24, 2.45) is 5.41 Å². The second-order valence-corrected chi connectivity index (χ2v) is 6.88. The Labute approximate surface area is 147 Å². The molecule has 25 heavy (non-hydrogen) atoms. The number of carbonyl (C=O) groups is 1. The number of carbonyl (C=O) groups excluding carboxylic acids is 1. The minimum absolute atomic E-state index is 0.0659. The number of aliphatic hydroxyl groups excluding tert-OH is 1. The summed E-state index contributed by atoms with van der Waals surface area (Å²) in [6.07, 6.45) is 6.32. The second-order valence-electron chi connectivity index (χ2n) is 6.88. The van der Waals surface area contributed by atoms with E-state index in [9.17, 15) is 14.3 Å². The van der Waals surface area contributed by atoms with Gasteiger partial charge in [-0.15, -0.1) is 0 Å². The largest absolute Gasteiger partial charge is 0.392 e. The quantitative estimate of drug-likeness (QED) is 0.848. The van der Waals surface area contributed by atoms with Crippen LogP contribution in [0.15, 0.2) is 48.8 Å². The summed E-state index contributed by atoms with van der Waals surface area (Å²) in [5.41, 5.74) is 1.50. The highest BCUT2D eigenvalue weighted by atomic mass is 19.1. The lowest BCUT2D eigenvalue weighted by atomic mass is 9.78. The molecule has 1 aliphatic rings. The maximum atomic E-state index is 13.1. The molecule has 1 aromatic heterocycles. The third kappa shape index (κ3) is 4.42. The molecule has 0 spiro atoms. The van der Waals surface area contributed by atoms with Crippen molar-refractivity contribution in [2.45, 2.75) is 38.2 Å². The lowest BCUT2D eigenvalue weighted by molar-refractivity contribution is -0.121. The maximum absolute atomic E-state index is 13.1. The van der Waals surface area contributed by atoms with Gasteiger partial charge in [0.15, 0.2) is 0 Å². The number of hydrogen-bond donors (Lipinski definition) is 2. The van der Waals surface area contributed by atoms with Crippen LogP contribution in [0.1, 0.15) is 30.4 Å². The molecular formula is C20H23FN2O2. The Morgan fingerprint density at radius 2 is 1.92 bits per heavy atom. The number of aliphatic hydroxyl groups is 1. The van der Waals surface area contributed by atoms with Gasteiger partial charge in [-0.2, -0.15) is 0 Å². The van der Waals surface area contributed by atoms with E-state index in [2.05, 4.69) is 10.3 Å². The van der Waals surface area contributed by atoms with Gasteiger partial charge < -0.3 is 10.4 Å². The van der Waals surface area contributed by atoms with Crippen molar-refractivity contribution in [3.05, 3.63) is 65.7 Å². The van der Waals surface area contributed by atoms with Crippen LogP contribution in [-0.2, 0) is 17.6 Å². The molecule has 2 N–H and O–H groups in total. The highest BCUT2D eigenvalue weighted by molar-refractivity contribution is 5.78. The predicted molar refractivity (Wildman–Crippen MR) is 93.3 cm³/mol. The van der Waals surface area contributed by atoms with Gasteiger partial charge in [0.2, 0.25) is 5.91 Å². The van der Waals surface area contributed by atoms with E-state index in [1.54, 1.807) is 24.5 Å². The van der Waals surface area contributed by atoms with Gasteiger partial charge in [0.05, 0.1) is 12.5 Å². The van der Waals surface area contributed by atoms with Crippen molar-refractivity contribution < 1.29 is 14.3 Å².